The van der Waals surface area contributed by atoms with Crippen LogP contribution in [0.15, 0.2) is 36.4 Å². The molecule has 1 amide bonds. The normalized spacial score (nSPS) is 10.7. The molecule has 2 aromatic carbocycles. The van der Waals surface area contributed by atoms with Gasteiger partial charge in [-0.2, -0.15) is 0 Å². The molecule has 2 aromatic rings. The van der Waals surface area contributed by atoms with Gasteiger partial charge in [0, 0.05) is 14.1 Å². The summed E-state index contributed by atoms with van der Waals surface area (Å²) in [4.78, 5) is 11.3. The summed E-state index contributed by atoms with van der Waals surface area (Å²) in [5.74, 6) is 0.338. The van der Waals surface area contributed by atoms with Crippen LogP contribution in [0.1, 0.15) is 37.5 Å². The Morgan fingerprint density at radius 3 is 1.72 bits per heavy atom. The highest BCUT2D eigenvalue weighted by Crippen LogP contribution is 2.32. The highest BCUT2D eigenvalue weighted by molar-refractivity contribution is 7.96. The number of hydrogen-bond acceptors (Lipinski definition) is 2. The summed E-state index contributed by atoms with van der Waals surface area (Å²) in [6.45, 7) is 10.7. The third kappa shape index (κ3) is 6.13. The van der Waals surface area contributed by atoms with Crippen LogP contribution >= 0.6 is 12.6 Å². The number of aromatic hydroxyl groups is 1. The fourth-order valence-electron chi connectivity index (χ4n) is 2.53. The van der Waals surface area contributed by atoms with Crippen molar-refractivity contribution < 1.29 is 9.90 Å². The lowest BCUT2D eigenvalue weighted by atomic mass is 9.85. The molecule has 136 valence electrons. The number of carbonyl (C=O) groups is 1. The van der Waals surface area contributed by atoms with Crippen LogP contribution < -0.4 is 0 Å². The molecular weight excluding hydrogens is 330 g/mol. The average Bonchev–Trinajstić information content (AvgIpc) is 2.46. The lowest BCUT2D eigenvalue weighted by Gasteiger charge is -2.19. The Kier molecular flexibility index (Phi) is 7.12. The molecule has 0 aliphatic heterocycles. The van der Waals surface area contributed by atoms with Gasteiger partial charge in [-0.15, -0.1) is 0 Å². The number of thiol groups is 1. The van der Waals surface area contributed by atoms with Crippen LogP contribution in [0, 0.1) is 13.8 Å². The average molecular weight is 360 g/mol. The van der Waals surface area contributed by atoms with Gasteiger partial charge < -0.3 is 10.0 Å². The number of nitrogens with zero attached hydrogens (tertiary/aromatic N) is 1. The second-order valence-corrected chi connectivity index (χ2v) is 7.84. The summed E-state index contributed by atoms with van der Waals surface area (Å²) in [6.07, 6.45) is 0. The molecule has 0 heterocycles. The van der Waals surface area contributed by atoms with E-state index in [-0.39, 0.29) is 10.7 Å². The van der Waals surface area contributed by atoms with E-state index < -0.39 is 0 Å². The van der Waals surface area contributed by atoms with Crippen molar-refractivity contribution in [1.82, 2.24) is 4.90 Å². The van der Waals surface area contributed by atoms with Crippen LogP contribution in [0.5, 0.6) is 5.75 Å². The minimum Gasteiger partial charge on any atom is -0.508 e. The number of aryl methyl sites for hydroxylation is 2. The third-order valence-corrected chi connectivity index (χ3v) is 4.34. The van der Waals surface area contributed by atoms with Gasteiger partial charge in [-0.3, -0.25) is 4.79 Å². The van der Waals surface area contributed by atoms with E-state index >= 15 is 0 Å². The van der Waals surface area contributed by atoms with Gasteiger partial charge in [0.15, 0.2) is 0 Å². The first-order chi connectivity index (χ1) is 11.4. The Hall–Kier alpha value is -1.94. The number of amides is 1. The quantitative estimate of drug-likeness (QED) is 0.653. The number of carbonyl (C=O) groups excluding carboxylic acids is 1. The summed E-state index contributed by atoms with van der Waals surface area (Å²) in [5.41, 5.74) is 6.17. The lowest BCUT2D eigenvalue weighted by Crippen LogP contribution is -2.13. The van der Waals surface area contributed by atoms with E-state index in [4.69, 9.17) is 0 Å². The zero-order valence-corrected chi connectivity index (χ0v) is 17.1. The van der Waals surface area contributed by atoms with Crippen LogP contribution in [-0.4, -0.2) is 29.3 Å². The Morgan fingerprint density at radius 1 is 1.00 bits per heavy atom. The molecule has 0 spiro atoms. The molecule has 3 nitrogen and oxygen atoms in total. The van der Waals surface area contributed by atoms with Crippen LogP contribution in [-0.2, 0) is 5.41 Å². The first kappa shape index (κ1) is 21.1. The molecule has 0 aliphatic rings. The van der Waals surface area contributed by atoms with Gasteiger partial charge in [-0.25, -0.2) is 0 Å². The topological polar surface area (TPSA) is 40.5 Å². The molecule has 0 radical (unpaired) electrons. The van der Waals surface area contributed by atoms with Crippen molar-refractivity contribution in [3.05, 3.63) is 53.1 Å². The smallest absolute Gasteiger partial charge is 0.278 e. The molecule has 0 saturated carbocycles. The molecule has 0 fully saturated rings. The minimum absolute atomic E-state index is 0.178. The van der Waals surface area contributed by atoms with E-state index in [1.807, 2.05) is 26.0 Å². The van der Waals surface area contributed by atoms with E-state index in [1.54, 1.807) is 14.1 Å². The van der Waals surface area contributed by atoms with Gasteiger partial charge in [-0.05, 0) is 59.2 Å². The van der Waals surface area contributed by atoms with E-state index in [0.717, 1.165) is 11.1 Å². The van der Waals surface area contributed by atoms with Crippen molar-refractivity contribution in [2.24, 2.45) is 0 Å². The number of phenolic OH excluding ortho intramolecular Hbond substituents is 1. The van der Waals surface area contributed by atoms with Gasteiger partial charge in [-0.1, -0.05) is 57.7 Å². The van der Waals surface area contributed by atoms with Gasteiger partial charge in [0.2, 0.25) is 0 Å². The number of phenols is 1. The first-order valence-electron chi connectivity index (χ1n) is 8.25. The number of benzene rings is 2. The lowest BCUT2D eigenvalue weighted by molar-refractivity contribution is 0.241. The maximum atomic E-state index is 9.93. The summed E-state index contributed by atoms with van der Waals surface area (Å²) in [7, 11) is 3.30. The Labute approximate surface area is 157 Å². The summed E-state index contributed by atoms with van der Waals surface area (Å²) in [6, 6.07) is 12.4. The summed E-state index contributed by atoms with van der Waals surface area (Å²) in [5, 5.41) is 9.40. The third-order valence-electron chi connectivity index (χ3n) is 3.94. The van der Waals surface area contributed by atoms with Gasteiger partial charge in [0.05, 0.1) is 0 Å². The zero-order chi connectivity index (χ0) is 19.4. The van der Waals surface area contributed by atoms with Crippen molar-refractivity contribution in [1.29, 1.82) is 0 Å². The largest absolute Gasteiger partial charge is 0.508 e. The standard InChI is InChI=1S/C18H22O.C3H7NOS/c1-12-10-16(19)11-13(2)17(12)14-6-8-15(9-7-14)18(3,4)5;1-4(2)3(5)6/h6-11,19H,1-5H3;1-2H3,(H,5,6). The van der Waals surface area contributed by atoms with Crippen molar-refractivity contribution in [3.8, 4) is 16.9 Å². The fraction of sp³-hybridized carbons (Fsp3) is 0.381. The van der Waals surface area contributed by atoms with Crippen LogP contribution in [0.4, 0.5) is 4.79 Å². The summed E-state index contributed by atoms with van der Waals surface area (Å²) >= 11 is 3.48. The Morgan fingerprint density at radius 2 is 1.40 bits per heavy atom. The van der Waals surface area contributed by atoms with Gasteiger partial charge in [0.25, 0.3) is 5.24 Å². The molecule has 0 saturated heterocycles. The molecule has 0 aromatic heterocycles. The van der Waals surface area contributed by atoms with Crippen LogP contribution in [0.25, 0.3) is 11.1 Å². The summed E-state index contributed by atoms with van der Waals surface area (Å²) < 4.78 is 0. The predicted molar refractivity (Wildman–Crippen MR) is 110 cm³/mol. The number of rotatable bonds is 1. The van der Waals surface area contributed by atoms with E-state index in [1.165, 1.54) is 21.6 Å². The second kappa shape index (κ2) is 8.43. The molecule has 2 rings (SSSR count). The van der Waals surface area contributed by atoms with Crippen LogP contribution in [0.2, 0.25) is 0 Å². The monoisotopic (exact) mass is 359 g/mol. The number of hydrogen-bond donors (Lipinski definition) is 2. The first-order valence-corrected chi connectivity index (χ1v) is 8.69. The maximum Gasteiger partial charge on any atom is 0.278 e. The van der Waals surface area contributed by atoms with Crippen molar-refractivity contribution in [2.75, 3.05) is 14.1 Å². The molecule has 25 heavy (non-hydrogen) atoms. The van der Waals surface area contributed by atoms with Gasteiger partial charge >= 0.3 is 0 Å². The molecule has 4 heteroatoms. The van der Waals surface area contributed by atoms with E-state index in [9.17, 15) is 9.90 Å². The fourth-order valence-corrected chi connectivity index (χ4v) is 2.53. The van der Waals surface area contributed by atoms with Gasteiger partial charge in [0.1, 0.15) is 5.75 Å². The molecule has 0 atom stereocenters. The molecule has 0 unspecified atom stereocenters. The highest BCUT2D eigenvalue weighted by atomic mass is 32.1. The maximum absolute atomic E-state index is 9.93. The molecule has 0 bridgehead atoms. The Balaban J connectivity index is 0.000000450. The van der Waals surface area contributed by atoms with Crippen LogP contribution in [0.3, 0.4) is 0 Å². The van der Waals surface area contributed by atoms with Crippen molar-refractivity contribution >= 4 is 17.9 Å². The van der Waals surface area contributed by atoms with Crippen molar-refractivity contribution in [2.45, 2.75) is 40.0 Å². The zero-order valence-electron chi connectivity index (χ0n) is 16.2. The second-order valence-electron chi connectivity index (χ2n) is 7.46. The molecule has 0 aliphatic carbocycles. The predicted octanol–water partition coefficient (Wildman–Crippen LogP) is 5.57. The highest BCUT2D eigenvalue weighted by Gasteiger charge is 2.14. The SMILES string of the molecule is CN(C)C(=O)S.Cc1cc(O)cc(C)c1-c1ccc(C(C)(C)C)cc1. The molecular formula is C21H29NO2S. The Bertz CT molecular complexity index is 706. The van der Waals surface area contributed by atoms with E-state index in [2.05, 4.69) is 57.7 Å². The minimum atomic E-state index is -0.213. The van der Waals surface area contributed by atoms with Crippen molar-refractivity contribution in [3.63, 3.8) is 0 Å². The molecule has 1 N–H and O–H groups in total. The van der Waals surface area contributed by atoms with E-state index in [0.29, 0.717) is 5.75 Å².